The average Bonchev–Trinajstić information content (AvgIpc) is 3.36. The maximum Gasteiger partial charge on any atom is 0.319 e. The van der Waals surface area contributed by atoms with Crippen molar-refractivity contribution in [3.05, 3.63) is 94.1 Å². The first-order valence-corrected chi connectivity index (χ1v) is 14.1. The molecule has 3 N–H and O–H groups in total. The van der Waals surface area contributed by atoms with E-state index >= 15 is 0 Å². The number of fused-ring (bicyclic) bond motifs is 2. The summed E-state index contributed by atoms with van der Waals surface area (Å²) < 4.78 is 31.7. The van der Waals surface area contributed by atoms with Crippen LogP contribution in [0.1, 0.15) is 52.8 Å². The predicted molar refractivity (Wildman–Crippen MR) is 145 cm³/mol. The molecular formula is C29H31N3O4S. The topological polar surface area (TPSA) is 96.5 Å². The molecule has 3 aromatic rings. The second-order valence-electron chi connectivity index (χ2n) is 9.51. The van der Waals surface area contributed by atoms with E-state index in [2.05, 4.69) is 34.2 Å². The molecule has 2 amide bonds. The zero-order valence-electron chi connectivity index (χ0n) is 21.0. The molecule has 7 nitrogen and oxygen atoms in total. The van der Waals surface area contributed by atoms with Crippen LogP contribution in [0.25, 0.3) is 6.08 Å². The zero-order valence-corrected chi connectivity index (χ0v) is 21.8. The number of ether oxygens (including phenoxy) is 1. The van der Waals surface area contributed by atoms with E-state index in [1.54, 1.807) is 6.07 Å². The van der Waals surface area contributed by atoms with Crippen LogP contribution in [-0.4, -0.2) is 21.6 Å². The van der Waals surface area contributed by atoms with Crippen LogP contribution < -0.4 is 20.7 Å². The van der Waals surface area contributed by atoms with E-state index in [4.69, 9.17) is 4.74 Å². The van der Waals surface area contributed by atoms with Crippen molar-refractivity contribution in [2.75, 3.05) is 12.4 Å². The van der Waals surface area contributed by atoms with Gasteiger partial charge >= 0.3 is 6.03 Å². The molecule has 192 valence electrons. The van der Waals surface area contributed by atoms with Crippen molar-refractivity contribution in [1.82, 2.24) is 10.6 Å². The van der Waals surface area contributed by atoms with E-state index in [9.17, 15) is 13.2 Å². The van der Waals surface area contributed by atoms with Crippen molar-refractivity contribution in [3.8, 4) is 5.75 Å². The second kappa shape index (κ2) is 10.4. The molecule has 0 saturated heterocycles. The summed E-state index contributed by atoms with van der Waals surface area (Å²) in [7, 11) is -2.16. The minimum absolute atomic E-state index is 0.107. The number of allylic oxidation sites excluding steroid dienone is 1. The van der Waals surface area contributed by atoms with Crippen molar-refractivity contribution >= 4 is 27.6 Å². The van der Waals surface area contributed by atoms with Gasteiger partial charge in [-0.1, -0.05) is 48.6 Å². The van der Waals surface area contributed by atoms with E-state index in [1.165, 1.54) is 30.4 Å². The van der Waals surface area contributed by atoms with Gasteiger partial charge in [-0.05, 0) is 65.3 Å². The molecule has 1 aliphatic heterocycles. The summed E-state index contributed by atoms with van der Waals surface area (Å²) in [6.07, 6.45) is 6.29. The normalized spacial score (nSPS) is 15.0. The van der Waals surface area contributed by atoms with E-state index < -0.39 is 15.9 Å². The fraction of sp³-hybridized carbons (Fsp3) is 0.276. The number of hydrogen-bond acceptors (Lipinski definition) is 5. The lowest BCUT2D eigenvalue weighted by atomic mass is 9.90. The van der Waals surface area contributed by atoms with Gasteiger partial charge in [0.05, 0.1) is 29.5 Å². The van der Waals surface area contributed by atoms with Crippen molar-refractivity contribution in [2.24, 2.45) is 0 Å². The van der Waals surface area contributed by atoms with Crippen molar-refractivity contribution in [1.29, 1.82) is 0 Å². The molecule has 1 aliphatic carbocycles. The fourth-order valence-corrected chi connectivity index (χ4v) is 6.36. The van der Waals surface area contributed by atoms with Gasteiger partial charge in [0.25, 0.3) is 0 Å². The van der Waals surface area contributed by atoms with Crippen molar-refractivity contribution in [3.63, 3.8) is 0 Å². The minimum Gasteiger partial charge on any atom is -0.495 e. The molecule has 37 heavy (non-hydrogen) atoms. The van der Waals surface area contributed by atoms with Crippen molar-refractivity contribution in [2.45, 2.75) is 49.5 Å². The number of aryl methyl sites for hydroxylation is 1. The predicted octanol–water partition coefficient (Wildman–Crippen LogP) is 5.11. The number of benzene rings is 3. The lowest BCUT2D eigenvalue weighted by Gasteiger charge is -2.21. The van der Waals surface area contributed by atoms with Gasteiger partial charge in [-0.3, -0.25) is 0 Å². The Hall–Kier alpha value is -3.62. The molecule has 0 aromatic heterocycles. The smallest absolute Gasteiger partial charge is 0.319 e. The summed E-state index contributed by atoms with van der Waals surface area (Å²) in [5.74, 6) is 0.173. The van der Waals surface area contributed by atoms with Crippen LogP contribution in [0, 0.1) is 0 Å². The van der Waals surface area contributed by atoms with Crippen LogP contribution in [0.15, 0.2) is 65.6 Å². The Kier molecular flexibility index (Phi) is 7.04. The molecule has 0 fully saturated rings. The summed E-state index contributed by atoms with van der Waals surface area (Å²) in [4.78, 5) is 13.0. The highest BCUT2D eigenvalue weighted by atomic mass is 32.2. The van der Waals surface area contributed by atoms with E-state index in [-0.39, 0.29) is 22.4 Å². The number of sulfone groups is 1. The second-order valence-corrected chi connectivity index (χ2v) is 11.5. The summed E-state index contributed by atoms with van der Waals surface area (Å²) in [6.45, 7) is 3.51. The number of rotatable bonds is 7. The van der Waals surface area contributed by atoms with Crippen LogP contribution in [0.3, 0.4) is 0 Å². The first-order valence-electron chi connectivity index (χ1n) is 12.4. The number of carbonyl (C=O) groups excluding carboxylic acids is 1. The van der Waals surface area contributed by atoms with Crippen LogP contribution >= 0.6 is 0 Å². The molecule has 3 aromatic carbocycles. The van der Waals surface area contributed by atoms with E-state index in [1.807, 2.05) is 37.3 Å². The van der Waals surface area contributed by atoms with Gasteiger partial charge in [0.2, 0.25) is 0 Å². The molecule has 0 bridgehead atoms. The number of amides is 2. The highest BCUT2D eigenvalue weighted by Gasteiger charge is 2.21. The lowest BCUT2D eigenvalue weighted by Crippen LogP contribution is -2.31. The molecule has 2 aliphatic rings. The molecule has 8 heteroatoms. The maximum atomic E-state index is 13.1. The van der Waals surface area contributed by atoms with Crippen LogP contribution in [0.2, 0.25) is 0 Å². The summed E-state index contributed by atoms with van der Waals surface area (Å²) in [6, 6.07) is 15.9. The number of hydrogen-bond donors (Lipinski definition) is 3. The third-order valence-corrected chi connectivity index (χ3v) is 8.63. The van der Waals surface area contributed by atoms with Gasteiger partial charge in [-0.15, -0.1) is 0 Å². The fourth-order valence-electron chi connectivity index (χ4n) is 5.01. The van der Waals surface area contributed by atoms with Crippen LogP contribution in [0.4, 0.5) is 10.5 Å². The summed E-state index contributed by atoms with van der Waals surface area (Å²) >= 11 is 0. The highest BCUT2D eigenvalue weighted by molar-refractivity contribution is 7.90. The Morgan fingerprint density at radius 2 is 1.89 bits per heavy atom. The van der Waals surface area contributed by atoms with Crippen LogP contribution in [-0.2, 0) is 35.1 Å². The van der Waals surface area contributed by atoms with Gasteiger partial charge in [0.1, 0.15) is 5.75 Å². The Bertz CT molecular complexity index is 1480. The standard InChI is InChI=1S/C29H31N3O4S/c1-19(25-9-5-7-21-6-3-4-8-26(21)25)31-29(33)32-27-13-12-24(15-28(27)36-2)37(34,35)18-20-10-11-22-16-30-17-23(22)14-20/h4-5,7-15,19,30H,3,6,16-18H2,1-2H3,(H2,31,32,33). The van der Waals surface area contributed by atoms with Gasteiger partial charge in [0.15, 0.2) is 9.84 Å². The molecule has 5 rings (SSSR count). The van der Waals surface area contributed by atoms with Gasteiger partial charge in [-0.2, -0.15) is 0 Å². The number of carbonyl (C=O) groups is 1. The number of nitrogens with one attached hydrogen (secondary N) is 3. The summed E-state index contributed by atoms with van der Waals surface area (Å²) in [5, 5.41) is 9.06. The molecule has 1 unspecified atom stereocenters. The molecular weight excluding hydrogens is 486 g/mol. The lowest BCUT2D eigenvalue weighted by molar-refractivity contribution is 0.249. The Balaban J connectivity index is 1.29. The Morgan fingerprint density at radius 1 is 1.05 bits per heavy atom. The zero-order chi connectivity index (χ0) is 26.0. The molecule has 0 saturated carbocycles. The Morgan fingerprint density at radius 3 is 2.73 bits per heavy atom. The monoisotopic (exact) mass is 517 g/mol. The van der Waals surface area contributed by atoms with E-state index in [0.29, 0.717) is 5.69 Å². The number of anilines is 1. The first-order chi connectivity index (χ1) is 17.8. The third-order valence-electron chi connectivity index (χ3n) is 6.95. The maximum absolute atomic E-state index is 13.1. The number of methoxy groups -OCH3 is 1. The number of urea groups is 1. The molecule has 0 radical (unpaired) electrons. The molecule has 1 atom stereocenters. The van der Waals surface area contributed by atoms with Gasteiger partial charge in [-0.25, -0.2) is 13.2 Å². The van der Waals surface area contributed by atoms with Gasteiger partial charge < -0.3 is 20.7 Å². The minimum atomic E-state index is -3.61. The van der Waals surface area contributed by atoms with Gasteiger partial charge in [0, 0.05) is 19.2 Å². The first kappa shape index (κ1) is 25.0. The molecule has 0 spiro atoms. The highest BCUT2D eigenvalue weighted by Crippen LogP contribution is 2.31. The quantitative estimate of drug-likeness (QED) is 0.405. The third kappa shape index (κ3) is 5.40. The largest absolute Gasteiger partial charge is 0.495 e. The summed E-state index contributed by atoms with van der Waals surface area (Å²) in [5.41, 5.74) is 6.97. The Labute approximate surface area is 217 Å². The van der Waals surface area contributed by atoms with E-state index in [0.717, 1.165) is 48.2 Å². The average molecular weight is 518 g/mol. The van der Waals surface area contributed by atoms with Crippen molar-refractivity contribution < 1.29 is 17.9 Å². The SMILES string of the molecule is COc1cc(S(=O)(=O)Cc2ccc3c(c2)CNC3)ccc1NC(=O)NC(C)c1cccc2c1C=CCC2. The van der Waals surface area contributed by atoms with Crippen LogP contribution in [0.5, 0.6) is 5.75 Å². The molecule has 1 heterocycles.